The number of Topliss-reactive ketones (excluding diaryl/α,β-unsaturated/α-hetero) is 1. The second kappa shape index (κ2) is 39.6. The molecular formula is C56H83IN10O16. The number of benzene rings is 2. The van der Waals surface area contributed by atoms with Crippen molar-refractivity contribution in [2.24, 2.45) is 0 Å². The Hall–Kier alpha value is -6.82. The van der Waals surface area contributed by atoms with E-state index in [4.69, 9.17) is 5.11 Å². The Balaban J connectivity index is 1.34. The molecule has 1 fully saturated rings. The average molecular weight is 1280 g/mol. The highest BCUT2D eigenvalue weighted by Crippen LogP contribution is 2.16. The molecule has 0 aromatic heterocycles. The van der Waals surface area contributed by atoms with Gasteiger partial charge in [0, 0.05) is 113 Å². The Kier molecular flexibility index (Phi) is 33.6. The lowest BCUT2D eigenvalue weighted by molar-refractivity contribution is -0.140. The number of nitrogens with zero attached hydrogens (tertiary/aromatic N) is 5. The number of carbonyl (C=O) groups is 11. The van der Waals surface area contributed by atoms with Gasteiger partial charge in [0.25, 0.3) is 5.91 Å². The summed E-state index contributed by atoms with van der Waals surface area (Å²) in [4.78, 5) is 143. The number of urea groups is 1. The smallest absolute Gasteiger partial charge is 0.326 e. The number of aliphatic carboxylic acids is 5. The zero-order valence-corrected chi connectivity index (χ0v) is 49.5. The first kappa shape index (κ1) is 70.4. The molecule has 10 N–H and O–H groups in total. The van der Waals surface area contributed by atoms with Crippen LogP contribution in [0.1, 0.15) is 112 Å². The summed E-state index contributed by atoms with van der Waals surface area (Å²) in [6.07, 6.45) is 4.93. The molecule has 27 heteroatoms. The summed E-state index contributed by atoms with van der Waals surface area (Å²) in [7, 11) is 0. The molecule has 0 radical (unpaired) electrons. The van der Waals surface area contributed by atoms with Gasteiger partial charge in [0.05, 0.1) is 32.2 Å². The molecule has 1 saturated heterocycles. The van der Waals surface area contributed by atoms with Gasteiger partial charge in [-0.15, -0.1) is 0 Å². The number of hydrogen-bond acceptors (Lipinski definition) is 15. The molecule has 0 spiro atoms. The van der Waals surface area contributed by atoms with Crippen LogP contribution in [0, 0.1) is 3.57 Å². The van der Waals surface area contributed by atoms with Gasteiger partial charge in [-0.25, -0.2) is 9.59 Å². The second-order valence-corrected chi connectivity index (χ2v) is 21.8. The number of nitrogens with one attached hydrogen (secondary N) is 5. The van der Waals surface area contributed by atoms with Crippen molar-refractivity contribution in [3.8, 4) is 0 Å². The Morgan fingerprint density at radius 2 is 0.952 bits per heavy atom. The number of carbonyl (C=O) groups excluding carboxylic acids is 6. The van der Waals surface area contributed by atoms with Crippen LogP contribution in [-0.4, -0.2) is 226 Å². The molecule has 0 saturated carbocycles. The van der Waals surface area contributed by atoms with Crippen molar-refractivity contribution in [2.75, 3.05) is 98.2 Å². The standard InChI is InChI=1S/C56H83IN10O16/c1-40(68)45(21-22-50(72)73)61-56(83)62-46(55(81)82)10-6-9-25-67(35-42-15-19-44(57)20-16-42)54(80)43-17-13-41(14-18-43)34-60-48(70)12-5-8-24-58-47(69)11-4-2-3-7-23-59-49(71)36-63-26-28-64(37-51(74)75)30-32-66(39-53(78)79)33-31-65(29-27-63)38-52(76)77/h13-20,45-46H,2-12,21-39H2,1H3,(H,58,69)(H,59,71)(H,60,70)(H,72,73)(H,74,75)(H,76,77)(H,78,79)(H,81,82)(H2,61,62,83)/t45-,46-/m1/s1. The number of hydrogen-bond donors (Lipinski definition) is 10. The van der Waals surface area contributed by atoms with Crippen molar-refractivity contribution in [2.45, 2.75) is 116 Å². The molecule has 460 valence electrons. The van der Waals surface area contributed by atoms with E-state index in [1.54, 1.807) is 43.9 Å². The maximum atomic E-state index is 13.9. The van der Waals surface area contributed by atoms with Gasteiger partial charge in [0.1, 0.15) is 6.04 Å². The zero-order valence-electron chi connectivity index (χ0n) is 47.3. The van der Waals surface area contributed by atoms with Crippen LogP contribution in [0.5, 0.6) is 0 Å². The number of halogens is 1. The van der Waals surface area contributed by atoms with Crippen molar-refractivity contribution < 1.29 is 78.3 Å². The molecule has 3 rings (SSSR count). The average Bonchev–Trinajstić information content (AvgIpc) is 3.51. The SMILES string of the molecule is CC(=O)[C@@H](CCC(=O)O)NC(=O)N[C@H](CCCCN(Cc1ccc(I)cc1)C(=O)c1ccc(CNC(=O)CCCCNC(=O)CCCCCCNC(=O)CN2CCN(CC(=O)O)CCN(CC(=O)O)CCN(CC(=O)O)CC2)cc1)C(=O)O. The molecule has 6 amide bonds. The van der Waals surface area contributed by atoms with Crippen LogP contribution in [0.4, 0.5) is 4.79 Å². The first-order valence-electron chi connectivity index (χ1n) is 28.1. The summed E-state index contributed by atoms with van der Waals surface area (Å²) < 4.78 is 1.02. The van der Waals surface area contributed by atoms with Gasteiger partial charge in [-0.1, -0.05) is 37.1 Å². The van der Waals surface area contributed by atoms with E-state index >= 15 is 0 Å². The van der Waals surface area contributed by atoms with Gasteiger partial charge in [0.2, 0.25) is 17.7 Å². The van der Waals surface area contributed by atoms with E-state index in [-0.39, 0.29) is 121 Å². The molecule has 83 heavy (non-hydrogen) atoms. The Morgan fingerprint density at radius 3 is 1.46 bits per heavy atom. The minimum Gasteiger partial charge on any atom is -0.481 e. The number of ketones is 1. The van der Waals surface area contributed by atoms with Crippen LogP contribution in [0.3, 0.4) is 0 Å². The fraction of sp³-hybridized carbons (Fsp3) is 0.589. The van der Waals surface area contributed by atoms with E-state index in [1.165, 1.54) is 6.92 Å². The lowest BCUT2D eigenvalue weighted by atomic mass is 10.1. The predicted octanol–water partition coefficient (Wildman–Crippen LogP) is 2.12. The van der Waals surface area contributed by atoms with Crippen LogP contribution in [-0.2, 0) is 56.2 Å². The maximum absolute atomic E-state index is 13.9. The molecule has 0 bridgehead atoms. The summed E-state index contributed by atoms with van der Waals surface area (Å²) in [6, 6.07) is 11.3. The number of rotatable bonds is 37. The summed E-state index contributed by atoms with van der Waals surface area (Å²) in [5, 5.41) is 60.4. The topological polar surface area (TPSA) is 365 Å². The fourth-order valence-corrected chi connectivity index (χ4v) is 9.33. The van der Waals surface area contributed by atoms with E-state index in [1.807, 2.05) is 29.2 Å². The highest BCUT2D eigenvalue weighted by Gasteiger charge is 2.25. The van der Waals surface area contributed by atoms with Crippen molar-refractivity contribution in [3.63, 3.8) is 0 Å². The van der Waals surface area contributed by atoms with Crippen molar-refractivity contribution in [1.29, 1.82) is 0 Å². The van der Waals surface area contributed by atoms with Crippen LogP contribution >= 0.6 is 22.6 Å². The van der Waals surface area contributed by atoms with Crippen LogP contribution in [0.25, 0.3) is 0 Å². The third-order valence-electron chi connectivity index (χ3n) is 13.7. The van der Waals surface area contributed by atoms with E-state index in [0.717, 1.165) is 27.5 Å². The minimum atomic E-state index is -1.30. The first-order chi connectivity index (χ1) is 39.6. The molecule has 2 aromatic rings. The normalized spacial score (nSPS) is 14.6. The molecule has 0 unspecified atom stereocenters. The number of carboxylic acid groups (broad SMARTS) is 5. The Labute approximate surface area is 497 Å². The molecule has 0 aliphatic carbocycles. The zero-order chi connectivity index (χ0) is 61.1. The molecule has 2 atom stereocenters. The van der Waals surface area contributed by atoms with Gasteiger partial charge < -0.3 is 57.0 Å². The van der Waals surface area contributed by atoms with Crippen LogP contribution in [0.2, 0.25) is 0 Å². The summed E-state index contributed by atoms with van der Waals surface area (Å²) in [6.45, 7) is 4.53. The molecule has 1 aliphatic rings. The van der Waals surface area contributed by atoms with Crippen molar-refractivity contribution >= 4 is 87.9 Å². The Bertz CT molecular complexity index is 2400. The lowest BCUT2D eigenvalue weighted by Crippen LogP contribution is -2.50. The summed E-state index contributed by atoms with van der Waals surface area (Å²) in [5.74, 6) is -6.73. The van der Waals surface area contributed by atoms with Crippen LogP contribution < -0.4 is 26.6 Å². The largest absolute Gasteiger partial charge is 0.481 e. The van der Waals surface area contributed by atoms with E-state index in [9.17, 15) is 73.2 Å². The van der Waals surface area contributed by atoms with Gasteiger partial charge >= 0.3 is 35.9 Å². The van der Waals surface area contributed by atoms with Crippen molar-refractivity contribution in [1.82, 2.24) is 51.1 Å². The summed E-state index contributed by atoms with van der Waals surface area (Å²) >= 11 is 2.19. The highest BCUT2D eigenvalue weighted by atomic mass is 127. The first-order valence-corrected chi connectivity index (χ1v) is 29.1. The number of carboxylic acids is 5. The highest BCUT2D eigenvalue weighted by molar-refractivity contribution is 14.1. The minimum absolute atomic E-state index is 0.0263. The monoisotopic (exact) mass is 1280 g/mol. The maximum Gasteiger partial charge on any atom is 0.326 e. The van der Waals surface area contributed by atoms with Gasteiger partial charge in [-0.3, -0.25) is 62.8 Å². The summed E-state index contributed by atoms with van der Waals surface area (Å²) in [5.41, 5.74) is 2.08. The van der Waals surface area contributed by atoms with Gasteiger partial charge in [-0.2, -0.15) is 0 Å². The van der Waals surface area contributed by atoms with Crippen LogP contribution in [0.15, 0.2) is 48.5 Å². The van der Waals surface area contributed by atoms with Crippen molar-refractivity contribution in [3.05, 3.63) is 68.8 Å². The van der Waals surface area contributed by atoms with E-state index in [2.05, 4.69) is 49.2 Å². The molecule has 26 nitrogen and oxygen atoms in total. The third kappa shape index (κ3) is 32.0. The van der Waals surface area contributed by atoms with E-state index in [0.29, 0.717) is 89.8 Å². The predicted molar refractivity (Wildman–Crippen MR) is 312 cm³/mol. The Morgan fingerprint density at radius 1 is 0.494 bits per heavy atom. The fourth-order valence-electron chi connectivity index (χ4n) is 8.97. The quantitative estimate of drug-likeness (QED) is 0.0342. The molecule has 1 aliphatic heterocycles. The lowest BCUT2D eigenvalue weighted by Gasteiger charge is -2.32. The number of amides is 6. The van der Waals surface area contributed by atoms with E-state index < -0.39 is 53.7 Å². The molecule has 2 aromatic carbocycles. The third-order valence-corrected chi connectivity index (χ3v) is 14.4. The van der Waals surface area contributed by atoms with Gasteiger partial charge in [-0.05, 0) is 116 Å². The molecule has 1 heterocycles. The second-order valence-electron chi connectivity index (χ2n) is 20.5. The number of unbranched alkanes of at least 4 members (excludes halogenated alkanes) is 5. The molecular weight excluding hydrogens is 1200 g/mol. The van der Waals surface area contributed by atoms with Gasteiger partial charge in [0.15, 0.2) is 5.78 Å².